The highest BCUT2D eigenvalue weighted by Gasteiger charge is 2.23. The first kappa shape index (κ1) is 13.1. The molecule has 3 nitrogen and oxygen atoms in total. The molecule has 0 aliphatic carbocycles. The molecular formula is C16H17N3S. The average molecular weight is 283 g/mol. The van der Waals surface area contributed by atoms with Crippen LogP contribution in [0.25, 0.3) is 0 Å². The van der Waals surface area contributed by atoms with Crippen molar-refractivity contribution in [1.29, 1.82) is 0 Å². The van der Waals surface area contributed by atoms with Crippen molar-refractivity contribution in [3.05, 3.63) is 53.7 Å². The third-order valence-electron chi connectivity index (χ3n) is 3.65. The molecule has 2 aromatic rings. The predicted molar refractivity (Wildman–Crippen MR) is 86.4 cm³/mol. The lowest BCUT2D eigenvalue weighted by Gasteiger charge is -2.34. The summed E-state index contributed by atoms with van der Waals surface area (Å²) in [7, 11) is 0. The molecule has 1 aliphatic rings. The van der Waals surface area contributed by atoms with E-state index in [0.717, 1.165) is 24.3 Å². The lowest BCUT2D eigenvalue weighted by atomic mass is 9.94. The maximum absolute atomic E-state index is 5.72. The summed E-state index contributed by atoms with van der Waals surface area (Å²) in [4.78, 5) is 7.15. The van der Waals surface area contributed by atoms with E-state index in [0.29, 0.717) is 10.9 Å². The Morgan fingerprint density at radius 3 is 2.95 bits per heavy atom. The highest BCUT2D eigenvalue weighted by molar-refractivity contribution is 7.80. The summed E-state index contributed by atoms with van der Waals surface area (Å²) in [6.45, 7) is 3.23. The second kappa shape index (κ2) is 5.21. The van der Waals surface area contributed by atoms with Gasteiger partial charge in [-0.15, -0.1) is 0 Å². The summed E-state index contributed by atoms with van der Waals surface area (Å²) < 4.78 is 0. The van der Waals surface area contributed by atoms with Crippen LogP contribution < -0.4 is 10.6 Å². The van der Waals surface area contributed by atoms with E-state index in [1.807, 2.05) is 12.1 Å². The average Bonchev–Trinajstić information content (AvgIpc) is 2.46. The van der Waals surface area contributed by atoms with Crippen LogP contribution in [0.5, 0.6) is 0 Å². The summed E-state index contributed by atoms with van der Waals surface area (Å²) in [6.07, 6.45) is 2.88. The highest BCUT2D eigenvalue weighted by atomic mass is 32.1. The van der Waals surface area contributed by atoms with Gasteiger partial charge in [0.2, 0.25) is 0 Å². The first-order chi connectivity index (χ1) is 9.65. The normalized spacial score (nSPS) is 17.6. The van der Waals surface area contributed by atoms with Crippen molar-refractivity contribution in [2.24, 2.45) is 11.7 Å². The van der Waals surface area contributed by atoms with Crippen molar-refractivity contribution in [2.45, 2.75) is 13.3 Å². The van der Waals surface area contributed by atoms with Crippen LogP contribution in [0, 0.1) is 5.92 Å². The number of para-hydroxylation sites is 1. The summed E-state index contributed by atoms with van der Waals surface area (Å²) in [5.74, 6) is 1.51. The summed E-state index contributed by atoms with van der Waals surface area (Å²) in [5.41, 5.74) is 9.18. The van der Waals surface area contributed by atoms with E-state index in [2.05, 4.69) is 41.1 Å². The quantitative estimate of drug-likeness (QED) is 0.860. The Labute approximate surface area is 124 Å². The number of benzene rings is 1. The monoisotopic (exact) mass is 283 g/mol. The molecule has 0 fully saturated rings. The fourth-order valence-electron chi connectivity index (χ4n) is 2.73. The van der Waals surface area contributed by atoms with Crippen molar-refractivity contribution in [2.75, 3.05) is 11.4 Å². The van der Waals surface area contributed by atoms with Crippen LogP contribution >= 0.6 is 12.2 Å². The zero-order valence-corrected chi connectivity index (χ0v) is 12.2. The number of fused-ring (bicyclic) bond motifs is 1. The Balaban J connectivity index is 2.06. The van der Waals surface area contributed by atoms with Crippen LogP contribution in [-0.4, -0.2) is 16.5 Å². The zero-order valence-electron chi connectivity index (χ0n) is 11.4. The number of thiocarbonyl (C=S) groups is 1. The maximum Gasteiger partial charge on any atom is 0.133 e. The number of nitrogens with two attached hydrogens (primary N) is 1. The fraction of sp³-hybridized carbons (Fsp3) is 0.250. The van der Waals surface area contributed by atoms with Crippen LogP contribution in [-0.2, 0) is 6.42 Å². The van der Waals surface area contributed by atoms with E-state index in [1.165, 1.54) is 11.3 Å². The Morgan fingerprint density at radius 2 is 2.15 bits per heavy atom. The van der Waals surface area contributed by atoms with Gasteiger partial charge in [0.25, 0.3) is 0 Å². The molecule has 0 saturated carbocycles. The number of rotatable bonds is 2. The molecule has 102 valence electrons. The van der Waals surface area contributed by atoms with Crippen LogP contribution in [0.2, 0.25) is 0 Å². The van der Waals surface area contributed by atoms with Crippen LogP contribution in [0.15, 0.2) is 42.6 Å². The lowest BCUT2D eigenvalue weighted by molar-refractivity contribution is 0.560. The molecule has 0 bridgehead atoms. The summed E-state index contributed by atoms with van der Waals surface area (Å²) in [5, 5.41) is 0. The van der Waals surface area contributed by atoms with E-state index >= 15 is 0 Å². The number of anilines is 2. The number of hydrogen-bond acceptors (Lipinski definition) is 3. The Bertz CT molecular complexity index is 654. The molecule has 4 heteroatoms. The van der Waals surface area contributed by atoms with E-state index in [1.54, 1.807) is 6.20 Å². The molecule has 0 spiro atoms. The minimum Gasteiger partial charge on any atom is -0.389 e. The molecule has 2 heterocycles. The minimum atomic E-state index is 0.409. The molecule has 0 radical (unpaired) electrons. The molecule has 20 heavy (non-hydrogen) atoms. The van der Waals surface area contributed by atoms with Gasteiger partial charge in [0.1, 0.15) is 10.8 Å². The van der Waals surface area contributed by atoms with Gasteiger partial charge in [-0.1, -0.05) is 37.3 Å². The molecule has 0 amide bonds. The fourth-order valence-corrected chi connectivity index (χ4v) is 2.86. The lowest BCUT2D eigenvalue weighted by Crippen LogP contribution is -2.31. The minimum absolute atomic E-state index is 0.409. The largest absolute Gasteiger partial charge is 0.389 e. The van der Waals surface area contributed by atoms with E-state index in [9.17, 15) is 0 Å². The summed E-state index contributed by atoms with van der Waals surface area (Å²) >= 11 is 5.06. The molecule has 1 aromatic carbocycles. The third kappa shape index (κ3) is 2.39. The van der Waals surface area contributed by atoms with E-state index in [4.69, 9.17) is 18.0 Å². The first-order valence-corrected chi connectivity index (χ1v) is 7.17. The number of hydrogen-bond donors (Lipinski definition) is 1. The van der Waals surface area contributed by atoms with Gasteiger partial charge in [0, 0.05) is 24.0 Å². The molecule has 2 N–H and O–H groups in total. The second-order valence-electron chi connectivity index (χ2n) is 5.32. The van der Waals surface area contributed by atoms with Crippen molar-refractivity contribution < 1.29 is 0 Å². The smallest absolute Gasteiger partial charge is 0.133 e. The van der Waals surface area contributed by atoms with Crippen molar-refractivity contribution in [3.8, 4) is 0 Å². The van der Waals surface area contributed by atoms with Crippen LogP contribution in [0.3, 0.4) is 0 Å². The second-order valence-corrected chi connectivity index (χ2v) is 5.76. The van der Waals surface area contributed by atoms with Gasteiger partial charge < -0.3 is 10.6 Å². The molecule has 1 unspecified atom stereocenters. The molecule has 1 aliphatic heterocycles. The molecule has 3 rings (SSSR count). The molecular weight excluding hydrogens is 266 g/mol. The Morgan fingerprint density at radius 1 is 1.35 bits per heavy atom. The Kier molecular flexibility index (Phi) is 3.40. The van der Waals surface area contributed by atoms with Crippen molar-refractivity contribution >= 4 is 28.7 Å². The van der Waals surface area contributed by atoms with Gasteiger partial charge >= 0.3 is 0 Å². The standard InChI is InChI=1S/C16H17N3S/c1-11-8-12-4-2-3-5-14(12)19(10-11)15-9-13(16(17)20)6-7-18-15/h2-7,9,11H,8,10H2,1H3,(H2,17,20). The topological polar surface area (TPSA) is 42.1 Å². The van der Waals surface area contributed by atoms with Gasteiger partial charge in [0.15, 0.2) is 0 Å². The van der Waals surface area contributed by atoms with Gasteiger partial charge in [-0.2, -0.15) is 0 Å². The third-order valence-corrected chi connectivity index (χ3v) is 3.89. The number of nitrogens with zero attached hydrogens (tertiary/aromatic N) is 2. The van der Waals surface area contributed by atoms with Crippen molar-refractivity contribution in [3.63, 3.8) is 0 Å². The van der Waals surface area contributed by atoms with E-state index in [-0.39, 0.29) is 0 Å². The molecule has 1 aromatic heterocycles. The zero-order chi connectivity index (χ0) is 14.1. The van der Waals surface area contributed by atoms with Crippen molar-refractivity contribution in [1.82, 2.24) is 4.98 Å². The SMILES string of the molecule is CC1Cc2ccccc2N(c2cc(C(N)=S)ccn2)C1. The summed E-state index contributed by atoms with van der Waals surface area (Å²) in [6, 6.07) is 12.3. The van der Waals surface area contributed by atoms with Gasteiger partial charge in [-0.05, 0) is 36.1 Å². The Hall–Kier alpha value is -1.94. The molecule has 1 atom stereocenters. The molecule has 0 saturated heterocycles. The highest BCUT2D eigenvalue weighted by Crippen LogP contribution is 2.34. The van der Waals surface area contributed by atoms with E-state index < -0.39 is 0 Å². The predicted octanol–water partition coefficient (Wildman–Crippen LogP) is 3.05. The number of aromatic nitrogens is 1. The first-order valence-electron chi connectivity index (χ1n) is 6.76. The van der Waals surface area contributed by atoms with Gasteiger partial charge in [-0.25, -0.2) is 4.98 Å². The van der Waals surface area contributed by atoms with Gasteiger partial charge in [0.05, 0.1) is 0 Å². The maximum atomic E-state index is 5.72. The van der Waals surface area contributed by atoms with Crippen LogP contribution in [0.4, 0.5) is 11.5 Å². The number of pyridine rings is 1. The van der Waals surface area contributed by atoms with Gasteiger partial charge in [-0.3, -0.25) is 0 Å². The van der Waals surface area contributed by atoms with Crippen LogP contribution in [0.1, 0.15) is 18.1 Å².